The average Bonchev–Trinajstić information content (AvgIpc) is 2.96. The highest BCUT2D eigenvalue weighted by Crippen LogP contribution is 2.41. The summed E-state index contributed by atoms with van der Waals surface area (Å²) in [5.74, 6) is 0.663. The second-order valence-electron chi connectivity index (χ2n) is 7.64. The molecule has 1 aliphatic carbocycles. The van der Waals surface area contributed by atoms with Crippen LogP contribution in [0.5, 0.6) is 0 Å². The molecule has 1 saturated carbocycles. The highest BCUT2D eigenvalue weighted by Gasteiger charge is 2.38. The first kappa shape index (κ1) is 15.9. The van der Waals surface area contributed by atoms with Crippen LogP contribution in [0, 0.1) is 0 Å². The lowest BCUT2D eigenvalue weighted by atomic mass is 10.1. The maximum Gasteiger partial charge on any atom is 0.318 e. The van der Waals surface area contributed by atoms with Crippen LogP contribution in [0.15, 0.2) is 6.20 Å². The molecule has 24 heavy (non-hydrogen) atoms. The van der Waals surface area contributed by atoms with Crippen molar-refractivity contribution in [2.24, 2.45) is 7.05 Å². The van der Waals surface area contributed by atoms with Gasteiger partial charge in [0.2, 0.25) is 0 Å². The Labute approximate surface area is 144 Å². The second-order valence-corrected chi connectivity index (χ2v) is 7.64. The third kappa shape index (κ3) is 2.92. The molecule has 1 aromatic heterocycles. The van der Waals surface area contributed by atoms with Gasteiger partial charge in [-0.25, -0.2) is 4.79 Å². The summed E-state index contributed by atoms with van der Waals surface area (Å²) in [6.07, 6.45) is 8.20. The second kappa shape index (κ2) is 6.39. The summed E-state index contributed by atoms with van der Waals surface area (Å²) in [4.78, 5) is 17.3. The van der Waals surface area contributed by atoms with Crippen LogP contribution in [0.4, 0.5) is 4.79 Å². The van der Waals surface area contributed by atoms with Crippen molar-refractivity contribution in [3.63, 3.8) is 0 Å². The van der Waals surface area contributed by atoms with E-state index in [-0.39, 0.29) is 6.03 Å². The molecule has 3 aliphatic rings. The average molecular weight is 331 g/mol. The number of likely N-dealkylation sites (tertiary alicyclic amines) is 2. The number of carbonyl (C=O) groups is 1. The third-order valence-corrected chi connectivity index (χ3v) is 6.10. The van der Waals surface area contributed by atoms with E-state index in [0.29, 0.717) is 24.5 Å². The largest absolute Gasteiger partial charge is 0.332 e. The van der Waals surface area contributed by atoms with Crippen LogP contribution in [0.3, 0.4) is 0 Å². The standard InChI is InChI=1S/C18H29N5O/c1-13-16(22-8-3-4-9-22)7-10-23(13)18(24)19-12-17-15(14-5-6-14)11-20-21(17)2/h11,13-14,16H,3-10,12H2,1-2H3,(H,19,24). The fraction of sp³-hybridized carbons (Fsp3) is 0.778. The molecule has 2 aliphatic heterocycles. The number of nitrogens with zero attached hydrogens (tertiary/aromatic N) is 4. The van der Waals surface area contributed by atoms with Crippen molar-refractivity contribution in [2.45, 2.75) is 63.6 Å². The Kier molecular flexibility index (Phi) is 4.24. The molecule has 2 saturated heterocycles. The fourth-order valence-corrected chi connectivity index (χ4v) is 4.46. The first-order valence-electron chi connectivity index (χ1n) is 9.44. The van der Waals surface area contributed by atoms with E-state index in [1.807, 2.05) is 22.8 Å². The molecule has 132 valence electrons. The quantitative estimate of drug-likeness (QED) is 0.919. The molecular formula is C18H29N5O. The highest BCUT2D eigenvalue weighted by molar-refractivity contribution is 5.75. The van der Waals surface area contributed by atoms with E-state index in [9.17, 15) is 4.79 Å². The maximum absolute atomic E-state index is 12.7. The summed E-state index contributed by atoms with van der Waals surface area (Å²) >= 11 is 0. The van der Waals surface area contributed by atoms with E-state index >= 15 is 0 Å². The third-order valence-electron chi connectivity index (χ3n) is 6.10. The summed E-state index contributed by atoms with van der Waals surface area (Å²) in [5, 5.41) is 7.52. The Morgan fingerprint density at radius 1 is 1.25 bits per heavy atom. The van der Waals surface area contributed by atoms with E-state index in [4.69, 9.17) is 0 Å². The van der Waals surface area contributed by atoms with Gasteiger partial charge in [0, 0.05) is 25.7 Å². The van der Waals surface area contributed by atoms with Crippen LogP contribution in [0.2, 0.25) is 0 Å². The van der Waals surface area contributed by atoms with Gasteiger partial charge in [-0.05, 0) is 63.6 Å². The van der Waals surface area contributed by atoms with E-state index in [2.05, 4.69) is 22.2 Å². The molecule has 2 atom stereocenters. The lowest BCUT2D eigenvalue weighted by Gasteiger charge is -2.30. The number of carbonyl (C=O) groups excluding carboxylic acids is 1. The summed E-state index contributed by atoms with van der Waals surface area (Å²) in [5.41, 5.74) is 2.48. The van der Waals surface area contributed by atoms with Gasteiger partial charge in [-0.1, -0.05) is 0 Å². The first-order chi connectivity index (χ1) is 11.6. The van der Waals surface area contributed by atoms with Crippen molar-refractivity contribution < 1.29 is 4.79 Å². The Bertz CT molecular complexity index is 603. The minimum atomic E-state index is 0.0761. The Hall–Kier alpha value is -1.56. The number of rotatable bonds is 4. The Morgan fingerprint density at radius 3 is 2.71 bits per heavy atom. The monoisotopic (exact) mass is 331 g/mol. The predicted molar refractivity (Wildman–Crippen MR) is 92.8 cm³/mol. The minimum Gasteiger partial charge on any atom is -0.332 e. The summed E-state index contributed by atoms with van der Waals surface area (Å²) in [6.45, 7) is 6.05. The zero-order chi connectivity index (χ0) is 16.7. The van der Waals surface area contributed by atoms with Gasteiger partial charge in [0.1, 0.15) is 0 Å². The normalized spacial score (nSPS) is 27.8. The van der Waals surface area contributed by atoms with Crippen molar-refractivity contribution in [3.05, 3.63) is 17.5 Å². The zero-order valence-corrected chi connectivity index (χ0v) is 14.9. The number of aryl methyl sites for hydroxylation is 1. The molecular weight excluding hydrogens is 302 g/mol. The van der Waals surface area contributed by atoms with E-state index in [0.717, 1.165) is 18.7 Å². The molecule has 4 rings (SSSR count). The van der Waals surface area contributed by atoms with E-state index < -0.39 is 0 Å². The van der Waals surface area contributed by atoms with Crippen molar-refractivity contribution in [1.82, 2.24) is 24.9 Å². The molecule has 3 fully saturated rings. The smallest absolute Gasteiger partial charge is 0.318 e. The molecule has 0 spiro atoms. The van der Waals surface area contributed by atoms with Crippen molar-refractivity contribution >= 4 is 6.03 Å². The molecule has 6 heteroatoms. The van der Waals surface area contributed by atoms with Crippen LogP contribution in [0.25, 0.3) is 0 Å². The number of hydrogen-bond donors (Lipinski definition) is 1. The lowest BCUT2D eigenvalue weighted by Crippen LogP contribution is -2.47. The molecule has 1 N–H and O–H groups in total. The molecule has 0 radical (unpaired) electrons. The Morgan fingerprint density at radius 2 is 2.00 bits per heavy atom. The highest BCUT2D eigenvalue weighted by atomic mass is 16.2. The SMILES string of the molecule is CC1C(N2CCCC2)CCN1C(=O)NCc1c(C2CC2)cnn1C. The van der Waals surface area contributed by atoms with Crippen molar-refractivity contribution in [3.8, 4) is 0 Å². The lowest BCUT2D eigenvalue weighted by molar-refractivity contribution is 0.168. The van der Waals surface area contributed by atoms with Crippen molar-refractivity contribution in [1.29, 1.82) is 0 Å². The van der Waals surface area contributed by atoms with Gasteiger partial charge in [-0.15, -0.1) is 0 Å². The molecule has 1 aromatic rings. The predicted octanol–water partition coefficient (Wildman–Crippen LogP) is 2.07. The number of amides is 2. The topological polar surface area (TPSA) is 53.4 Å². The zero-order valence-electron chi connectivity index (χ0n) is 14.9. The van der Waals surface area contributed by atoms with E-state index in [1.54, 1.807) is 0 Å². The molecule has 6 nitrogen and oxygen atoms in total. The van der Waals surface area contributed by atoms with Crippen LogP contribution in [0.1, 0.15) is 56.2 Å². The summed E-state index contributed by atoms with van der Waals surface area (Å²) < 4.78 is 1.91. The molecule has 0 bridgehead atoms. The van der Waals surface area contributed by atoms with Gasteiger partial charge in [0.25, 0.3) is 0 Å². The van der Waals surface area contributed by atoms with Gasteiger partial charge < -0.3 is 10.2 Å². The number of hydrogen-bond acceptors (Lipinski definition) is 3. The number of nitrogens with one attached hydrogen (secondary N) is 1. The molecule has 2 unspecified atom stereocenters. The van der Waals surface area contributed by atoms with Gasteiger partial charge in [0.05, 0.1) is 18.4 Å². The fourth-order valence-electron chi connectivity index (χ4n) is 4.46. The van der Waals surface area contributed by atoms with Crippen molar-refractivity contribution in [2.75, 3.05) is 19.6 Å². The van der Waals surface area contributed by atoms with E-state index in [1.165, 1.54) is 44.3 Å². The number of urea groups is 1. The van der Waals surface area contributed by atoms with Crippen LogP contribution < -0.4 is 5.32 Å². The van der Waals surface area contributed by atoms with Gasteiger partial charge in [0.15, 0.2) is 0 Å². The first-order valence-corrected chi connectivity index (χ1v) is 9.44. The maximum atomic E-state index is 12.7. The van der Waals surface area contributed by atoms with Crippen LogP contribution >= 0.6 is 0 Å². The van der Waals surface area contributed by atoms with Crippen LogP contribution in [-0.2, 0) is 13.6 Å². The van der Waals surface area contributed by atoms with Gasteiger partial charge >= 0.3 is 6.03 Å². The number of aromatic nitrogens is 2. The minimum absolute atomic E-state index is 0.0761. The van der Waals surface area contributed by atoms with Crippen LogP contribution in [-0.4, -0.2) is 57.3 Å². The molecule has 3 heterocycles. The van der Waals surface area contributed by atoms with Gasteiger partial charge in [-0.2, -0.15) is 5.10 Å². The summed E-state index contributed by atoms with van der Waals surface area (Å²) in [6, 6.07) is 0.918. The molecule has 2 amide bonds. The Balaban J connectivity index is 1.36. The molecule has 0 aromatic carbocycles. The summed E-state index contributed by atoms with van der Waals surface area (Å²) in [7, 11) is 1.97. The van der Waals surface area contributed by atoms with Gasteiger partial charge in [-0.3, -0.25) is 9.58 Å².